The van der Waals surface area contributed by atoms with Crippen LogP contribution in [0.5, 0.6) is 5.75 Å². The first-order valence-electron chi connectivity index (χ1n) is 9.39. The summed E-state index contributed by atoms with van der Waals surface area (Å²) in [5.74, 6) is 0.776. The van der Waals surface area contributed by atoms with Crippen molar-refractivity contribution in [2.24, 2.45) is 12.0 Å². The minimum Gasteiger partial charge on any atom is -0.508 e. The summed E-state index contributed by atoms with van der Waals surface area (Å²) in [6.07, 6.45) is 5.14. The lowest BCUT2D eigenvalue weighted by atomic mass is 10.0. The fourth-order valence-electron chi connectivity index (χ4n) is 4.06. The molecular weight excluding hydrogens is 372 g/mol. The minimum absolute atomic E-state index is 0.122. The quantitative estimate of drug-likeness (QED) is 0.730. The van der Waals surface area contributed by atoms with Gasteiger partial charge in [-0.2, -0.15) is 4.68 Å². The Morgan fingerprint density at radius 2 is 2.24 bits per heavy atom. The molecule has 1 atom stereocenters. The summed E-state index contributed by atoms with van der Waals surface area (Å²) in [4.78, 5) is 22.6. The van der Waals surface area contributed by atoms with Crippen LogP contribution in [0.25, 0.3) is 5.70 Å². The Labute approximate surface area is 166 Å². The molecule has 0 unspecified atom stereocenters. The number of nitrogens with zero attached hydrogens (tertiary/aromatic N) is 6. The lowest BCUT2D eigenvalue weighted by Crippen LogP contribution is -2.23. The Morgan fingerprint density at radius 1 is 1.38 bits per heavy atom. The Morgan fingerprint density at radius 3 is 3.10 bits per heavy atom. The van der Waals surface area contributed by atoms with E-state index in [0.29, 0.717) is 24.0 Å². The third-order valence-electron chi connectivity index (χ3n) is 5.54. The zero-order valence-electron chi connectivity index (χ0n) is 15.9. The number of aliphatic imine (C=N–C) groups is 1. The number of rotatable bonds is 4. The molecule has 1 aliphatic carbocycles. The van der Waals surface area contributed by atoms with Crippen molar-refractivity contribution in [1.29, 1.82) is 0 Å². The first-order chi connectivity index (χ1) is 14.0. The highest BCUT2D eigenvalue weighted by molar-refractivity contribution is 5.83. The molecule has 3 heterocycles. The standard InChI is InChI=1S/C20H20N6O3/c1-12-18-19(21-10-24(18)2)22-11-25(12)9-17-23-26(20(28)29-17)8-14-4-3-13-5-6-15(27)7-16(13)14/h5-7,10-11,14,27H,1,3-4,8-9H2,2H3/t14-/m0/s1. The second-order valence-corrected chi connectivity index (χ2v) is 7.41. The molecule has 0 saturated heterocycles. The van der Waals surface area contributed by atoms with E-state index in [2.05, 4.69) is 21.7 Å². The SMILES string of the molecule is C=C1c2c(ncn2C)N=CN1Cc1nn(C[C@@H]2CCc3ccc(O)cc32)c(=O)o1. The largest absolute Gasteiger partial charge is 0.508 e. The highest BCUT2D eigenvalue weighted by Crippen LogP contribution is 2.36. The molecule has 0 spiro atoms. The van der Waals surface area contributed by atoms with Crippen molar-refractivity contribution in [2.75, 3.05) is 0 Å². The van der Waals surface area contributed by atoms with Crippen molar-refractivity contribution in [2.45, 2.75) is 31.8 Å². The molecule has 3 aromatic rings. The molecule has 1 N–H and O–H groups in total. The number of aryl methyl sites for hydroxylation is 2. The highest BCUT2D eigenvalue weighted by atomic mass is 16.4. The van der Waals surface area contributed by atoms with Crippen LogP contribution in [0.15, 0.2) is 45.3 Å². The van der Waals surface area contributed by atoms with E-state index in [1.165, 1.54) is 10.2 Å². The summed E-state index contributed by atoms with van der Waals surface area (Å²) in [5.41, 5.74) is 3.81. The lowest BCUT2D eigenvalue weighted by Gasteiger charge is -2.23. The van der Waals surface area contributed by atoms with E-state index in [-0.39, 0.29) is 18.2 Å². The molecule has 2 aliphatic rings. The normalized spacial score (nSPS) is 17.6. The van der Waals surface area contributed by atoms with Crippen LogP contribution in [0.1, 0.15) is 35.1 Å². The van der Waals surface area contributed by atoms with Crippen molar-refractivity contribution < 1.29 is 9.52 Å². The van der Waals surface area contributed by atoms with E-state index >= 15 is 0 Å². The van der Waals surface area contributed by atoms with Gasteiger partial charge in [-0.25, -0.2) is 14.8 Å². The van der Waals surface area contributed by atoms with Gasteiger partial charge in [0.2, 0.25) is 5.89 Å². The number of hydrogen-bond donors (Lipinski definition) is 1. The molecule has 0 fully saturated rings. The zero-order valence-corrected chi connectivity index (χ0v) is 15.9. The third kappa shape index (κ3) is 2.95. The Bertz CT molecular complexity index is 1200. The maximum Gasteiger partial charge on any atom is 0.437 e. The van der Waals surface area contributed by atoms with Crippen molar-refractivity contribution in [1.82, 2.24) is 24.2 Å². The first-order valence-corrected chi connectivity index (χ1v) is 9.39. The van der Waals surface area contributed by atoms with Gasteiger partial charge in [0.25, 0.3) is 0 Å². The molecule has 1 aliphatic heterocycles. The second-order valence-electron chi connectivity index (χ2n) is 7.41. The smallest absolute Gasteiger partial charge is 0.437 e. The monoisotopic (exact) mass is 392 g/mol. The van der Waals surface area contributed by atoms with Gasteiger partial charge in [-0.15, -0.1) is 5.10 Å². The molecule has 9 heteroatoms. The van der Waals surface area contributed by atoms with Crippen molar-refractivity contribution in [3.8, 4) is 5.75 Å². The van der Waals surface area contributed by atoms with Crippen molar-refractivity contribution >= 4 is 17.9 Å². The maximum absolute atomic E-state index is 12.3. The number of phenols is 1. The fourth-order valence-corrected chi connectivity index (χ4v) is 4.06. The Hall–Kier alpha value is -3.62. The molecule has 9 nitrogen and oxygen atoms in total. The van der Waals surface area contributed by atoms with Gasteiger partial charge in [0.1, 0.15) is 18.0 Å². The predicted octanol–water partition coefficient (Wildman–Crippen LogP) is 2.15. The average Bonchev–Trinajstić information content (AvgIpc) is 3.36. The van der Waals surface area contributed by atoms with E-state index in [1.807, 2.05) is 17.7 Å². The summed E-state index contributed by atoms with van der Waals surface area (Å²) in [7, 11) is 1.88. The minimum atomic E-state index is -0.491. The summed E-state index contributed by atoms with van der Waals surface area (Å²) in [6.45, 7) is 4.77. The molecule has 0 amide bonds. The number of aromatic hydroxyl groups is 1. The maximum atomic E-state index is 12.3. The Balaban J connectivity index is 1.35. The number of imidazole rings is 1. The van der Waals surface area contributed by atoms with Crippen LogP contribution in [0.3, 0.4) is 0 Å². The lowest BCUT2D eigenvalue weighted by molar-refractivity contribution is 0.404. The molecule has 1 aromatic carbocycles. The molecule has 148 valence electrons. The summed E-state index contributed by atoms with van der Waals surface area (Å²) >= 11 is 0. The first kappa shape index (κ1) is 17.5. The van der Waals surface area contributed by atoms with Gasteiger partial charge in [0, 0.05) is 13.0 Å². The molecule has 0 saturated carbocycles. The van der Waals surface area contributed by atoms with Gasteiger partial charge in [-0.1, -0.05) is 12.6 Å². The van der Waals surface area contributed by atoms with Gasteiger partial charge < -0.3 is 19.0 Å². The molecule has 5 rings (SSSR count). The zero-order chi connectivity index (χ0) is 20.1. The molecule has 29 heavy (non-hydrogen) atoms. The summed E-state index contributed by atoms with van der Waals surface area (Å²) < 4.78 is 8.58. The van der Waals surface area contributed by atoms with E-state index in [4.69, 9.17) is 4.42 Å². The van der Waals surface area contributed by atoms with Crippen LogP contribution in [0.2, 0.25) is 0 Å². The topological polar surface area (TPSA) is 102 Å². The van der Waals surface area contributed by atoms with Crippen molar-refractivity contribution in [3.63, 3.8) is 0 Å². The van der Waals surface area contributed by atoms with Crippen LogP contribution in [0, 0.1) is 0 Å². The van der Waals surface area contributed by atoms with Crippen LogP contribution in [0.4, 0.5) is 5.82 Å². The molecular formula is C20H20N6O3. The van der Waals surface area contributed by atoms with Gasteiger partial charge in [-0.05, 0) is 36.1 Å². The second kappa shape index (κ2) is 6.47. The van der Waals surface area contributed by atoms with E-state index in [0.717, 1.165) is 24.1 Å². The average molecular weight is 392 g/mol. The number of phenolic OH excluding ortho intramolecular Hbond substituents is 1. The Kier molecular flexibility index (Phi) is 3.90. The number of benzene rings is 1. The van der Waals surface area contributed by atoms with Gasteiger partial charge in [0.05, 0.1) is 24.9 Å². The van der Waals surface area contributed by atoms with Gasteiger partial charge in [0.15, 0.2) is 5.82 Å². The third-order valence-corrected chi connectivity index (χ3v) is 5.54. The summed E-state index contributed by atoms with van der Waals surface area (Å²) in [5, 5.41) is 14.2. The van der Waals surface area contributed by atoms with Crippen LogP contribution in [-0.4, -0.2) is 35.7 Å². The van der Waals surface area contributed by atoms with Gasteiger partial charge in [-0.3, -0.25) is 0 Å². The van der Waals surface area contributed by atoms with Crippen LogP contribution < -0.4 is 5.76 Å². The predicted molar refractivity (Wildman–Crippen MR) is 106 cm³/mol. The number of fused-ring (bicyclic) bond motifs is 2. The fraction of sp³-hybridized carbons (Fsp3) is 0.300. The number of hydrogen-bond acceptors (Lipinski definition) is 7. The van der Waals surface area contributed by atoms with E-state index in [1.54, 1.807) is 29.7 Å². The highest BCUT2D eigenvalue weighted by Gasteiger charge is 2.26. The molecule has 0 bridgehead atoms. The van der Waals surface area contributed by atoms with E-state index in [9.17, 15) is 9.90 Å². The van der Waals surface area contributed by atoms with Gasteiger partial charge >= 0.3 is 5.76 Å². The molecule has 0 radical (unpaired) electrons. The van der Waals surface area contributed by atoms with E-state index < -0.39 is 5.76 Å². The molecule has 2 aromatic heterocycles. The van der Waals surface area contributed by atoms with Crippen LogP contribution in [-0.2, 0) is 26.6 Å². The summed E-state index contributed by atoms with van der Waals surface area (Å²) in [6, 6.07) is 5.41. The number of aromatic nitrogens is 4. The van der Waals surface area contributed by atoms with Crippen LogP contribution >= 0.6 is 0 Å². The van der Waals surface area contributed by atoms with Crippen molar-refractivity contribution in [3.05, 3.63) is 64.4 Å².